The zero-order valence-corrected chi connectivity index (χ0v) is 7.34. The van der Waals surface area contributed by atoms with Crippen molar-refractivity contribution in [3.8, 4) is 0 Å². The Morgan fingerprint density at radius 3 is 3.00 bits per heavy atom. The van der Waals surface area contributed by atoms with Gasteiger partial charge in [0.15, 0.2) is 5.65 Å². The first-order valence-corrected chi connectivity index (χ1v) is 3.95. The van der Waals surface area contributed by atoms with Gasteiger partial charge in [0.2, 0.25) is 0 Å². The van der Waals surface area contributed by atoms with Crippen molar-refractivity contribution >= 4 is 22.9 Å². The van der Waals surface area contributed by atoms with Crippen molar-refractivity contribution in [3.63, 3.8) is 0 Å². The van der Waals surface area contributed by atoms with Crippen LogP contribution in [0, 0.1) is 6.92 Å². The van der Waals surface area contributed by atoms with Gasteiger partial charge in [-0.1, -0.05) is 11.6 Å². The fraction of sp³-hybridized carbons (Fsp3) is 0.125. The Hall–Kier alpha value is -1.22. The van der Waals surface area contributed by atoms with E-state index in [2.05, 4.69) is 4.98 Å². The number of imidazole rings is 1. The molecule has 0 amide bonds. The summed E-state index contributed by atoms with van der Waals surface area (Å²) in [5.41, 5.74) is 7.93. The first-order chi connectivity index (χ1) is 5.66. The Bertz CT molecular complexity index is 433. The molecule has 2 aromatic heterocycles. The number of nitrogen functional groups attached to an aromatic ring is 1. The molecule has 0 spiro atoms. The smallest absolute Gasteiger partial charge is 0.155 e. The Morgan fingerprint density at radius 2 is 2.25 bits per heavy atom. The predicted octanol–water partition coefficient (Wildman–Crippen LogP) is 1.88. The average Bonchev–Trinajstić information content (AvgIpc) is 2.29. The summed E-state index contributed by atoms with van der Waals surface area (Å²) in [7, 11) is 0. The third-order valence-corrected chi connectivity index (χ3v) is 1.93. The van der Waals surface area contributed by atoms with Crippen LogP contribution in [-0.4, -0.2) is 9.38 Å². The van der Waals surface area contributed by atoms with Gasteiger partial charge in [0.25, 0.3) is 0 Å². The lowest BCUT2D eigenvalue weighted by atomic mass is 10.4. The third kappa shape index (κ3) is 1.02. The lowest BCUT2D eigenvalue weighted by Crippen LogP contribution is -1.90. The molecule has 0 unspecified atom stereocenters. The molecule has 4 heteroatoms. The van der Waals surface area contributed by atoms with Gasteiger partial charge in [-0.25, -0.2) is 4.98 Å². The second kappa shape index (κ2) is 2.38. The molecule has 0 aromatic carbocycles. The van der Waals surface area contributed by atoms with E-state index in [4.69, 9.17) is 17.3 Å². The van der Waals surface area contributed by atoms with Gasteiger partial charge in [-0.2, -0.15) is 0 Å². The van der Waals surface area contributed by atoms with Gasteiger partial charge in [-0.05, 0) is 13.0 Å². The summed E-state index contributed by atoms with van der Waals surface area (Å²) < 4.78 is 1.83. The van der Waals surface area contributed by atoms with Crippen LogP contribution in [0.2, 0.25) is 5.02 Å². The number of hydrogen-bond donors (Lipinski definition) is 1. The van der Waals surface area contributed by atoms with Crippen LogP contribution in [0.3, 0.4) is 0 Å². The van der Waals surface area contributed by atoms with Crippen molar-refractivity contribution in [2.24, 2.45) is 0 Å². The highest BCUT2D eigenvalue weighted by atomic mass is 35.5. The topological polar surface area (TPSA) is 43.3 Å². The maximum atomic E-state index is 5.91. The molecular weight excluding hydrogens is 174 g/mol. The molecule has 0 atom stereocenters. The van der Waals surface area contributed by atoms with E-state index in [1.165, 1.54) is 0 Å². The van der Waals surface area contributed by atoms with Gasteiger partial charge < -0.3 is 10.1 Å². The molecule has 0 saturated carbocycles. The molecule has 12 heavy (non-hydrogen) atoms. The number of rotatable bonds is 0. The molecule has 0 radical (unpaired) electrons. The van der Waals surface area contributed by atoms with Crippen molar-refractivity contribution in [1.29, 1.82) is 0 Å². The minimum atomic E-state index is 0.586. The molecule has 62 valence electrons. The highest BCUT2D eigenvalue weighted by molar-refractivity contribution is 6.33. The molecule has 0 aliphatic carbocycles. The molecule has 3 nitrogen and oxygen atoms in total. The molecule has 2 aromatic rings. The van der Waals surface area contributed by atoms with Gasteiger partial charge in [0.05, 0.1) is 10.7 Å². The van der Waals surface area contributed by atoms with Gasteiger partial charge in [-0.15, -0.1) is 0 Å². The standard InChI is InChI=1S/C8H8ClN3/c1-5-3-12-4-6(10)2-7(9)8(12)11-5/h2-4H,10H2,1H3. The maximum absolute atomic E-state index is 5.91. The van der Waals surface area contributed by atoms with Crippen LogP contribution < -0.4 is 5.73 Å². The van der Waals surface area contributed by atoms with Gasteiger partial charge in [-0.3, -0.25) is 0 Å². The zero-order chi connectivity index (χ0) is 8.72. The van der Waals surface area contributed by atoms with E-state index in [1.54, 1.807) is 12.3 Å². The van der Waals surface area contributed by atoms with Crippen LogP contribution in [-0.2, 0) is 0 Å². The molecular formula is C8H8ClN3. The maximum Gasteiger partial charge on any atom is 0.155 e. The van der Waals surface area contributed by atoms with E-state index < -0.39 is 0 Å². The number of aryl methyl sites for hydroxylation is 1. The number of nitrogens with two attached hydrogens (primary N) is 1. The Morgan fingerprint density at radius 1 is 1.50 bits per heavy atom. The number of fused-ring (bicyclic) bond motifs is 1. The zero-order valence-electron chi connectivity index (χ0n) is 6.58. The average molecular weight is 182 g/mol. The summed E-state index contributed by atoms with van der Waals surface area (Å²) in [6, 6.07) is 1.70. The van der Waals surface area contributed by atoms with Crippen molar-refractivity contribution in [3.05, 3.63) is 29.2 Å². The Kier molecular flexibility index (Phi) is 1.48. The first kappa shape index (κ1) is 7.43. The minimum absolute atomic E-state index is 0.586. The van der Waals surface area contributed by atoms with Gasteiger partial charge in [0, 0.05) is 18.1 Å². The molecule has 0 bridgehead atoms. The van der Waals surface area contributed by atoms with E-state index in [-0.39, 0.29) is 0 Å². The van der Waals surface area contributed by atoms with Crippen LogP contribution >= 0.6 is 11.6 Å². The molecule has 2 N–H and O–H groups in total. The Balaban J connectivity index is 2.88. The van der Waals surface area contributed by atoms with E-state index >= 15 is 0 Å². The number of hydrogen-bond acceptors (Lipinski definition) is 2. The summed E-state index contributed by atoms with van der Waals surface area (Å²) >= 11 is 5.91. The van der Waals surface area contributed by atoms with Crippen molar-refractivity contribution in [2.75, 3.05) is 5.73 Å². The normalized spacial score (nSPS) is 10.8. The van der Waals surface area contributed by atoms with E-state index in [9.17, 15) is 0 Å². The SMILES string of the molecule is Cc1cn2cc(N)cc(Cl)c2n1. The molecule has 0 saturated heterocycles. The largest absolute Gasteiger partial charge is 0.397 e. The summed E-state index contributed by atoms with van der Waals surface area (Å²) in [5, 5.41) is 0.586. The van der Waals surface area contributed by atoms with Crippen molar-refractivity contribution in [1.82, 2.24) is 9.38 Å². The fourth-order valence-electron chi connectivity index (χ4n) is 1.20. The van der Waals surface area contributed by atoms with Crippen LogP contribution in [0.15, 0.2) is 18.5 Å². The van der Waals surface area contributed by atoms with Gasteiger partial charge >= 0.3 is 0 Å². The number of aromatic nitrogens is 2. The second-order valence-electron chi connectivity index (χ2n) is 2.73. The molecule has 0 aliphatic rings. The lowest BCUT2D eigenvalue weighted by molar-refractivity contribution is 1.19. The number of nitrogens with zero attached hydrogens (tertiary/aromatic N) is 2. The van der Waals surface area contributed by atoms with Crippen LogP contribution in [0.5, 0.6) is 0 Å². The minimum Gasteiger partial charge on any atom is -0.397 e. The first-order valence-electron chi connectivity index (χ1n) is 3.57. The molecule has 2 rings (SSSR count). The Labute approximate surface area is 74.8 Å². The fourth-order valence-corrected chi connectivity index (χ4v) is 1.47. The van der Waals surface area contributed by atoms with E-state index in [0.29, 0.717) is 10.7 Å². The monoisotopic (exact) mass is 181 g/mol. The second-order valence-corrected chi connectivity index (χ2v) is 3.14. The molecule has 0 fully saturated rings. The van der Waals surface area contributed by atoms with E-state index in [1.807, 2.05) is 17.5 Å². The summed E-state index contributed by atoms with van der Waals surface area (Å²) in [4.78, 5) is 4.23. The lowest BCUT2D eigenvalue weighted by Gasteiger charge is -1.97. The highest BCUT2D eigenvalue weighted by Crippen LogP contribution is 2.19. The van der Waals surface area contributed by atoms with Crippen LogP contribution in [0.4, 0.5) is 5.69 Å². The highest BCUT2D eigenvalue weighted by Gasteiger charge is 2.02. The van der Waals surface area contributed by atoms with Crippen LogP contribution in [0.25, 0.3) is 5.65 Å². The van der Waals surface area contributed by atoms with Gasteiger partial charge in [0.1, 0.15) is 0 Å². The summed E-state index contributed by atoms with van der Waals surface area (Å²) in [6.45, 7) is 1.92. The molecule has 2 heterocycles. The van der Waals surface area contributed by atoms with Crippen LogP contribution in [0.1, 0.15) is 5.69 Å². The van der Waals surface area contributed by atoms with E-state index in [0.717, 1.165) is 11.3 Å². The number of pyridine rings is 1. The third-order valence-electron chi connectivity index (χ3n) is 1.65. The number of anilines is 1. The predicted molar refractivity (Wildman–Crippen MR) is 49.4 cm³/mol. The summed E-state index contributed by atoms with van der Waals surface area (Å²) in [5.74, 6) is 0. The van der Waals surface area contributed by atoms with Crippen molar-refractivity contribution < 1.29 is 0 Å². The molecule has 0 aliphatic heterocycles. The van der Waals surface area contributed by atoms with Crippen molar-refractivity contribution in [2.45, 2.75) is 6.92 Å². The quantitative estimate of drug-likeness (QED) is 0.675. The summed E-state index contributed by atoms with van der Waals surface area (Å²) in [6.07, 6.45) is 3.68. The number of halogens is 1.